The van der Waals surface area contributed by atoms with Gasteiger partial charge in [-0.15, -0.1) is 35.3 Å². The summed E-state index contributed by atoms with van der Waals surface area (Å²) in [7, 11) is 0. The van der Waals surface area contributed by atoms with Crippen LogP contribution in [0.25, 0.3) is 0 Å². The van der Waals surface area contributed by atoms with Gasteiger partial charge in [0.15, 0.2) is 17.3 Å². The molecule has 210 valence electrons. The van der Waals surface area contributed by atoms with Crippen molar-refractivity contribution in [2.45, 2.75) is 73.9 Å². The number of benzene rings is 1. The summed E-state index contributed by atoms with van der Waals surface area (Å²) in [5, 5.41) is 8.30. The van der Waals surface area contributed by atoms with Crippen LogP contribution in [0, 0.1) is 0 Å². The lowest BCUT2D eigenvalue weighted by Gasteiger charge is -2.27. The SMILES string of the molecule is CC1(C)SCC(=O)C1NC(=O)c1cc(C(=O)NC2C(=O)CSC2(C)C)cc(C(=O)NC2C(=O)CSC2(C)C)c1. The first-order valence-electron chi connectivity index (χ1n) is 12.6. The molecule has 0 saturated carbocycles. The van der Waals surface area contributed by atoms with Gasteiger partial charge in [0, 0.05) is 30.9 Å². The van der Waals surface area contributed by atoms with Gasteiger partial charge in [-0.3, -0.25) is 28.8 Å². The lowest BCUT2D eigenvalue weighted by atomic mass is 9.97. The molecule has 3 N–H and O–H groups in total. The van der Waals surface area contributed by atoms with E-state index in [1.54, 1.807) is 0 Å². The zero-order valence-electron chi connectivity index (χ0n) is 22.8. The Bertz CT molecular complexity index is 1110. The predicted molar refractivity (Wildman–Crippen MR) is 155 cm³/mol. The molecule has 39 heavy (non-hydrogen) atoms. The van der Waals surface area contributed by atoms with E-state index in [1.807, 2.05) is 41.5 Å². The van der Waals surface area contributed by atoms with Crippen molar-refractivity contribution in [2.75, 3.05) is 17.3 Å². The highest BCUT2D eigenvalue weighted by Crippen LogP contribution is 2.37. The summed E-state index contributed by atoms with van der Waals surface area (Å²) in [5.41, 5.74) is 0.0585. The highest BCUT2D eigenvalue weighted by molar-refractivity contribution is 8.02. The monoisotopic (exact) mass is 591 g/mol. The second-order valence-electron chi connectivity index (χ2n) is 11.6. The van der Waals surface area contributed by atoms with Crippen molar-refractivity contribution in [1.29, 1.82) is 0 Å². The van der Waals surface area contributed by atoms with Crippen LogP contribution >= 0.6 is 35.3 Å². The lowest BCUT2D eigenvalue weighted by molar-refractivity contribution is -0.119. The maximum Gasteiger partial charge on any atom is 0.251 e. The predicted octanol–water partition coefficient (Wildman–Crippen LogP) is 2.27. The Kier molecular flexibility index (Phi) is 8.05. The van der Waals surface area contributed by atoms with Crippen molar-refractivity contribution in [3.8, 4) is 0 Å². The molecular formula is C27H33N3O6S3. The van der Waals surface area contributed by atoms with Gasteiger partial charge in [0.25, 0.3) is 17.7 Å². The van der Waals surface area contributed by atoms with E-state index in [9.17, 15) is 28.8 Å². The first-order valence-corrected chi connectivity index (χ1v) is 15.6. The molecule has 0 spiro atoms. The van der Waals surface area contributed by atoms with E-state index in [2.05, 4.69) is 16.0 Å². The Morgan fingerprint density at radius 1 is 0.564 bits per heavy atom. The van der Waals surface area contributed by atoms with Gasteiger partial charge in [-0.1, -0.05) is 0 Å². The van der Waals surface area contributed by atoms with Gasteiger partial charge in [0.2, 0.25) is 0 Å². The Labute approximate surface area is 240 Å². The topological polar surface area (TPSA) is 139 Å². The van der Waals surface area contributed by atoms with Crippen LogP contribution in [0.4, 0.5) is 0 Å². The average molecular weight is 592 g/mol. The number of rotatable bonds is 6. The summed E-state index contributed by atoms with van der Waals surface area (Å²) in [6, 6.07) is 1.86. The minimum Gasteiger partial charge on any atom is -0.341 e. The van der Waals surface area contributed by atoms with E-state index in [1.165, 1.54) is 53.5 Å². The number of carbonyl (C=O) groups excluding carboxylic acids is 6. The van der Waals surface area contributed by atoms with Crippen LogP contribution < -0.4 is 16.0 Å². The van der Waals surface area contributed by atoms with Crippen LogP contribution in [0.1, 0.15) is 72.6 Å². The molecule has 12 heteroatoms. The Morgan fingerprint density at radius 3 is 0.974 bits per heavy atom. The van der Waals surface area contributed by atoms with Gasteiger partial charge in [-0.25, -0.2) is 0 Å². The summed E-state index contributed by atoms with van der Waals surface area (Å²) >= 11 is 4.33. The quantitative estimate of drug-likeness (QED) is 0.455. The van der Waals surface area contributed by atoms with E-state index >= 15 is 0 Å². The fourth-order valence-corrected chi connectivity index (χ4v) is 7.98. The highest BCUT2D eigenvalue weighted by Gasteiger charge is 2.45. The number of ketones is 3. The van der Waals surface area contributed by atoms with E-state index in [0.29, 0.717) is 0 Å². The molecule has 1 aromatic carbocycles. The molecule has 3 aliphatic heterocycles. The maximum atomic E-state index is 13.3. The smallest absolute Gasteiger partial charge is 0.251 e. The first kappa shape index (κ1) is 29.7. The Morgan fingerprint density at radius 2 is 0.795 bits per heavy atom. The van der Waals surface area contributed by atoms with Gasteiger partial charge in [0.05, 0.1) is 17.3 Å². The third kappa shape index (κ3) is 6.07. The van der Waals surface area contributed by atoms with Gasteiger partial charge >= 0.3 is 0 Å². The number of carbonyl (C=O) groups is 6. The van der Waals surface area contributed by atoms with Crippen molar-refractivity contribution in [3.63, 3.8) is 0 Å². The molecule has 3 fully saturated rings. The largest absolute Gasteiger partial charge is 0.341 e. The van der Waals surface area contributed by atoms with Gasteiger partial charge in [0.1, 0.15) is 18.1 Å². The van der Waals surface area contributed by atoms with Crippen LogP contribution in [-0.2, 0) is 14.4 Å². The fraction of sp³-hybridized carbons (Fsp3) is 0.556. The Hall–Kier alpha value is -2.31. The average Bonchev–Trinajstić information content (AvgIpc) is 3.39. The van der Waals surface area contributed by atoms with Crippen LogP contribution in [0.15, 0.2) is 18.2 Å². The maximum absolute atomic E-state index is 13.3. The second-order valence-corrected chi connectivity index (χ2v) is 16.5. The summed E-state index contributed by atoms with van der Waals surface area (Å²) in [6.45, 7) is 11.2. The van der Waals surface area contributed by atoms with Gasteiger partial charge in [-0.2, -0.15) is 0 Å². The number of thioether (sulfide) groups is 3. The highest BCUT2D eigenvalue weighted by atomic mass is 32.2. The molecule has 3 unspecified atom stereocenters. The number of Topliss-reactive ketones (excluding diaryl/α,β-unsaturated/α-hetero) is 3. The zero-order valence-corrected chi connectivity index (χ0v) is 25.2. The van der Waals surface area contributed by atoms with Gasteiger partial charge in [-0.05, 0) is 59.7 Å². The summed E-state index contributed by atoms with van der Waals surface area (Å²) in [4.78, 5) is 77.3. The molecule has 3 atom stereocenters. The molecule has 0 radical (unpaired) electrons. The minimum atomic E-state index is -0.729. The molecule has 3 aliphatic rings. The molecular weight excluding hydrogens is 559 g/mol. The standard InChI is InChI=1S/C27H33N3O6S3/c1-25(2)19(16(31)10-37-25)28-22(34)13-7-14(23(35)29-20-17(32)11-38-26(20,3)4)9-15(8-13)24(36)30-21-18(33)12-39-27(21,5)6/h7-9,19-21H,10-12H2,1-6H3,(H,28,34)(H,29,35)(H,30,36). The van der Waals surface area contributed by atoms with E-state index in [-0.39, 0.29) is 51.3 Å². The third-order valence-electron chi connectivity index (χ3n) is 7.36. The van der Waals surface area contributed by atoms with E-state index in [4.69, 9.17) is 0 Å². The molecule has 4 rings (SSSR count). The van der Waals surface area contributed by atoms with Gasteiger partial charge < -0.3 is 16.0 Å². The number of hydrogen-bond acceptors (Lipinski definition) is 9. The zero-order chi connectivity index (χ0) is 28.9. The van der Waals surface area contributed by atoms with Crippen LogP contribution in [0.3, 0.4) is 0 Å². The molecule has 0 aromatic heterocycles. The fourth-order valence-electron chi connectivity index (χ4n) is 4.86. The Balaban J connectivity index is 1.66. The summed E-state index contributed by atoms with van der Waals surface area (Å²) < 4.78 is -1.54. The van der Waals surface area contributed by atoms with E-state index in [0.717, 1.165) is 0 Å². The molecule has 9 nitrogen and oxygen atoms in total. The van der Waals surface area contributed by atoms with Crippen molar-refractivity contribution < 1.29 is 28.8 Å². The second kappa shape index (κ2) is 10.6. The summed E-state index contributed by atoms with van der Waals surface area (Å²) in [5.74, 6) is -1.30. The first-order chi connectivity index (χ1) is 18.0. The van der Waals surface area contributed by atoms with Crippen molar-refractivity contribution in [2.24, 2.45) is 0 Å². The molecule has 0 aliphatic carbocycles. The molecule has 3 saturated heterocycles. The van der Waals surface area contributed by atoms with Crippen molar-refractivity contribution >= 4 is 70.4 Å². The normalized spacial score (nSPS) is 26.9. The van der Waals surface area contributed by atoms with Crippen LogP contribution in [0.5, 0.6) is 0 Å². The molecule has 0 bridgehead atoms. The van der Waals surface area contributed by atoms with Crippen molar-refractivity contribution in [1.82, 2.24) is 16.0 Å². The number of amides is 3. The molecule has 3 heterocycles. The third-order valence-corrected chi connectivity index (χ3v) is 11.6. The lowest BCUT2D eigenvalue weighted by Crippen LogP contribution is -2.49. The van der Waals surface area contributed by atoms with Crippen molar-refractivity contribution in [3.05, 3.63) is 34.9 Å². The molecule has 1 aromatic rings. The minimum absolute atomic E-state index is 0.0195. The number of hydrogen-bond donors (Lipinski definition) is 3. The van der Waals surface area contributed by atoms with Crippen LogP contribution in [-0.4, -0.2) is 84.7 Å². The van der Waals surface area contributed by atoms with E-state index < -0.39 is 50.1 Å². The molecule has 3 amide bonds. The summed E-state index contributed by atoms with van der Waals surface area (Å²) in [6.07, 6.45) is 0. The van der Waals surface area contributed by atoms with Crippen LogP contribution in [0.2, 0.25) is 0 Å². The number of nitrogens with one attached hydrogen (secondary N) is 3.